The first-order valence-corrected chi connectivity index (χ1v) is 10.2. The number of rotatable bonds is 4. The molecule has 0 amide bonds. The summed E-state index contributed by atoms with van der Waals surface area (Å²) >= 11 is 0. The minimum atomic E-state index is -1.13. The number of carboxylic acids is 2. The maximum atomic E-state index is 13.1. The number of fused-ring (bicyclic) bond motifs is 2. The van der Waals surface area contributed by atoms with E-state index in [1.807, 2.05) is 24.3 Å². The minimum Gasteiger partial charge on any atom is -0.481 e. The summed E-state index contributed by atoms with van der Waals surface area (Å²) in [4.78, 5) is 49.7. The maximum Gasteiger partial charge on any atom is 0.321 e. The van der Waals surface area contributed by atoms with Crippen molar-refractivity contribution in [2.75, 3.05) is 0 Å². The summed E-state index contributed by atoms with van der Waals surface area (Å²) in [5.74, 6) is -8.41. The average Bonchev–Trinajstić information content (AvgIpc) is 2.77. The number of aryl methyl sites for hydroxylation is 2. The van der Waals surface area contributed by atoms with Crippen molar-refractivity contribution in [1.82, 2.24) is 0 Å². The molecule has 4 rings (SSSR count). The van der Waals surface area contributed by atoms with Gasteiger partial charge in [-0.05, 0) is 47.9 Å². The lowest BCUT2D eigenvalue weighted by Crippen LogP contribution is -2.38. The first-order chi connectivity index (χ1) is 14.9. The van der Waals surface area contributed by atoms with Crippen LogP contribution in [0, 0.1) is 11.8 Å². The number of ether oxygens (including phenoxy) is 1. The van der Waals surface area contributed by atoms with Crippen molar-refractivity contribution in [2.45, 2.75) is 37.5 Å². The Kier molecular flexibility index (Phi) is 5.59. The molecule has 0 spiro atoms. The largest absolute Gasteiger partial charge is 0.481 e. The van der Waals surface area contributed by atoms with E-state index < -0.39 is 47.5 Å². The second-order valence-corrected chi connectivity index (χ2v) is 8.06. The molecule has 2 aromatic carbocycles. The first kappa shape index (κ1) is 20.8. The summed E-state index contributed by atoms with van der Waals surface area (Å²) in [5.41, 5.74) is 2.78. The van der Waals surface area contributed by atoms with E-state index in [9.17, 15) is 29.4 Å². The van der Waals surface area contributed by atoms with E-state index in [0.29, 0.717) is 24.0 Å². The topological polar surface area (TPSA) is 118 Å². The van der Waals surface area contributed by atoms with Crippen LogP contribution in [0.4, 0.5) is 0 Å². The van der Waals surface area contributed by atoms with Gasteiger partial charge in [-0.1, -0.05) is 48.5 Å². The van der Waals surface area contributed by atoms with Crippen molar-refractivity contribution < 1.29 is 34.1 Å². The SMILES string of the molecule is O=C(O)C1CCc2ccccc2C1C(=O)OC(=O)C1c2ccccc2CCC1C(=O)O. The molecule has 2 N–H and O–H groups in total. The molecule has 0 aliphatic heterocycles. The number of carbonyl (C=O) groups excluding carboxylic acids is 2. The van der Waals surface area contributed by atoms with Gasteiger partial charge in [0.25, 0.3) is 0 Å². The molecule has 0 aromatic heterocycles. The van der Waals surface area contributed by atoms with Gasteiger partial charge in [0.1, 0.15) is 0 Å². The van der Waals surface area contributed by atoms with Crippen LogP contribution in [0.5, 0.6) is 0 Å². The zero-order chi connectivity index (χ0) is 22.1. The van der Waals surface area contributed by atoms with Gasteiger partial charge in [-0.25, -0.2) is 0 Å². The summed E-state index contributed by atoms with van der Waals surface area (Å²) in [6.45, 7) is 0. The van der Waals surface area contributed by atoms with E-state index in [4.69, 9.17) is 4.74 Å². The summed E-state index contributed by atoms with van der Waals surface area (Å²) in [6.07, 6.45) is 1.54. The lowest BCUT2D eigenvalue weighted by atomic mass is 9.74. The molecule has 0 saturated carbocycles. The average molecular weight is 422 g/mol. The Bertz CT molecular complexity index is 974. The van der Waals surface area contributed by atoms with Gasteiger partial charge in [-0.15, -0.1) is 0 Å². The fraction of sp³-hybridized carbons (Fsp3) is 0.333. The number of benzene rings is 2. The van der Waals surface area contributed by atoms with Crippen LogP contribution in [0.25, 0.3) is 0 Å². The fourth-order valence-electron chi connectivity index (χ4n) is 4.86. The van der Waals surface area contributed by atoms with Gasteiger partial charge in [0.05, 0.1) is 23.7 Å². The zero-order valence-electron chi connectivity index (χ0n) is 16.7. The number of carbonyl (C=O) groups is 4. The Hall–Kier alpha value is -3.48. The van der Waals surface area contributed by atoms with Gasteiger partial charge in [0.2, 0.25) is 0 Å². The van der Waals surface area contributed by atoms with Crippen LogP contribution < -0.4 is 0 Å². The van der Waals surface area contributed by atoms with Crippen molar-refractivity contribution in [1.29, 1.82) is 0 Å². The van der Waals surface area contributed by atoms with Crippen LogP contribution in [0.1, 0.15) is 46.9 Å². The molecule has 2 aliphatic rings. The van der Waals surface area contributed by atoms with Crippen molar-refractivity contribution >= 4 is 23.9 Å². The molecule has 4 atom stereocenters. The molecule has 2 aromatic rings. The number of aliphatic carboxylic acids is 2. The third-order valence-corrected chi connectivity index (χ3v) is 6.38. The quantitative estimate of drug-likeness (QED) is 0.574. The van der Waals surface area contributed by atoms with Crippen LogP contribution in [0.3, 0.4) is 0 Å². The van der Waals surface area contributed by atoms with E-state index >= 15 is 0 Å². The van der Waals surface area contributed by atoms with Crippen molar-refractivity contribution in [3.63, 3.8) is 0 Å². The Morgan fingerprint density at radius 3 is 1.45 bits per heavy atom. The van der Waals surface area contributed by atoms with E-state index in [2.05, 4.69) is 0 Å². The highest BCUT2D eigenvalue weighted by molar-refractivity contribution is 5.97. The van der Waals surface area contributed by atoms with Crippen LogP contribution in [-0.2, 0) is 36.8 Å². The third-order valence-electron chi connectivity index (χ3n) is 6.38. The van der Waals surface area contributed by atoms with E-state index in [0.717, 1.165) is 11.1 Å². The fourth-order valence-corrected chi connectivity index (χ4v) is 4.86. The lowest BCUT2D eigenvalue weighted by Gasteiger charge is -2.31. The molecule has 0 bridgehead atoms. The van der Waals surface area contributed by atoms with Gasteiger partial charge >= 0.3 is 23.9 Å². The lowest BCUT2D eigenvalue weighted by molar-refractivity contribution is -0.168. The van der Waals surface area contributed by atoms with Gasteiger partial charge < -0.3 is 14.9 Å². The van der Waals surface area contributed by atoms with Crippen molar-refractivity contribution in [2.24, 2.45) is 11.8 Å². The first-order valence-electron chi connectivity index (χ1n) is 10.2. The number of carboxylic acid groups (broad SMARTS) is 2. The molecule has 0 radical (unpaired) electrons. The molecule has 0 heterocycles. The highest BCUT2D eigenvalue weighted by Crippen LogP contribution is 2.40. The molecule has 31 heavy (non-hydrogen) atoms. The standard InChI is InChI=1S/C24H22O7/c25-21(26)17-11-9-13-5-1-3-7-15(13)19(17)23(29)31-24(30)20-16-8-4-2-6-14(16)10-12-18(20)22(27)28/h1-8,17-20H,9-12H2,(H,25,26)(H,27,28). The van der Waals surface area contributed by atoms with Gasteiger partial charge in [0, 0.05) is 0 Å². The molecule has 2 aliphatic carbocycles. The van der Waals surface area contributed by atoms with Crippen LogP contribution >= 0.6 is 0 Å². The van der Waals surface area contributed by atoms with Crippen LogP contribution in [-0.4, -0.2) is 34.1 Å². The highest BCUT2D eigenvalue weighted by Gasteiger charge is 2.44. The maximum absolute atomic E-state index is 13.1. The summed E-state index contributed by atoms with van der Waals surface area (Å²) in [6, 6.07) is 14.0. The second kappa shape index (κ2) is 8.34. The molecule has 7 heteroatoms. The summed E-state index contributed by atoms with van der Waals surface area (Å²) in [5, 5.41) is 19.3. The Morgan fingerprint density at radius 1 is 0.677 bits per heavy atom. The van der Waals surface area contributed by atoms with Crippen molar-refractivity contribution in [3.8, 4) is 0 Å². The van der Waals surface area contributed by atoms with Gasteiger partial charge in [-0.2, -0.15) is 0 Å². The van der Waals surface area contributed by atoms with Crippen LogP contribution in [0.15, 0.2) is 48.5 Å². The molecule has 7 nitrogen and oxygen atoms in total. The number of hydrogen-bond acceptors (Lipinski definition) is 5. The van der Waals surface area contributed by atoms with Crippen LogP contribution in [0.2, 0.25) is 0 Å². The minimum absolute atomic E-state index is 0.254. The summed E-state index contributed by atoms with van der Waals surface area (Å²) in [7, 11) is 0. The normalized spacial score (nSPS) is 24.4. The Balaban J connectivity index is 1.65. The van der Waals surface area contributed by atoms with Gasteiger partial charge in [-0.3, -0.25) is 19.2 Å². The monoisotopic (exact) mass is 422 g/mol. The third kappa shape index (κ3) is 3.83. The molecule has 4 unspecified atom stereocenters. The number of esters is 2. The second-order valence-electron chi connectivity index (χ2n) is 8.06. The predicted molar refractivity (Wildman–Crippen MR) is 108 cm³/mol. The molecular formula is C24H22O7. The highest BCUT2D eigenvalue weighted by atomic mass is 16.6. The Labute approximate surface area is 178 Å². The molecular weight excluding hydrogens is 400 g/mol. The van der Waals surface area contributed by atoms with E-state index in [1.54, 1.807) is 24.3 Å². The molecule has 160 valence electrons. The molecule has 0 saturated heterocycles. The Morgan fingerprint density at radius 2 is 1.06 bits per heavy atom. The van der Waals surface area contributed by atoms with E-state index in [-0.39, 0.29) is 12.8 Å². The molecule has 0 fully saturated rings. The zero-order valence-corrected chi connectivity index (χ0v) is 16.7. The number of hydrogen-bond donors (Lipinski definition) is 2. The predicted octanol–water partition coefficient (Wildman–Crippen LogP) is 2.92. The van der Waals surface area contributed by atoms with E-state index in [1.165, 1.54) is 0 Å². The smallest absolute Gasteiger partial charge is 0.321 e. The van der Waals surface area contributed by atoms with Gasteiger partial charge in [0.15, 0.2) is 0 Å². The summed E-state index contributed by atoms with van der Waals surface area (Å²) < 4.78 is 5.20. The van der Waals surface area contributed by atoms with Crippen molar-refractivity contribution in [3.05, 3.63) is 70.8 Å².